The van der Waals surface area contributed by atoms with Gasteiger partial charge in [0.15, 0.2) is 11.5 Å². The van der Waals surface area contributed by atoms with E-state index < -0.39 is 23.1 Å². The van der Waals surface area contributed by atoms with Crippen LogP contribution in [0.4, 0.5) is 36.4 Å². The van der Waals surface area contributed by atoms with Gasteiger partial charge in [0.1, 0.15) is 6.61 Å². The lowest BCUT2D eigenvalue weighted by Crippen LogP contribution is -2.58. The van der Waals surface area contributed by atoms with Crippen LogP contribution >= 0.6 is 0 Å². The summed E-state index contributed by atoms with van der Waals surface area (Å²) in [6.07, 6.45) is -5.88. The molecule has 33 heavy (non-hydrogen) atoms. The second kappa shape index (κ2) is 9.92. The topological polar surface area (TPSA) is 86.0 Å². The summed E-state index contributed by atoms with van der Waals surface area (Å²) in [6, 6.07) is 3.67. The SMILES string of the molecule is CCOc1cc(/C=N/NC(F)(F)C(F)(F)C(F)(F)F)ccc1OCc1ccc([N+](=O)[O-])cc1. The maximum Gasteiger partial charge on any atom is 0.462 e. The van der Waals surface area contributed by atoms with Gasteiger partial charge in [-0.3, -0.25) is 10.1 Å². The van der Waals surface area contributed by atoms with Crippen molar-refractivity contribution >= 4 is 11.9 Å². The van der Waals surface area contributed by atoms with E-state index in [-0.39, 0.29) is 36.0 Å². The predicted molar refractivity (Wildman–Crippen MR) is 102 cm³/mol. The lowest BCUT2D eigenvalue weighted by molar-refractivity contribution is -0.384. The van der Waals surface area contributed by atoms with Gasteiger partial charge >= 0.3 is 18.1 Å². The van der Waals surface area contributed by atoms with Gasteiger partial charge in [-0.2, -0.15) is 35.8 Å². The molecule has 0 radical (unpaired) electrons. The Hall–Kier alpha value is -3.58. The average Bonchev–Trinajstić information content (AvgIpc) is 2.72. The molecule has 14 heteroatoms. The van der Waals surface area contributed by atoms with Crippen LogP contribution in [0.3, 0.4) is 0 Å². The van der Waals surface area contributed by atoms with E-state index in [0.29, 0.717) is 17.2 Å². The number of nitrogens with one attached hydrogen (secondary N) is 1. The number of nitro groups is 1. The van der Waals surface area contributed by atoms with Crippen molar-refractivity contribution in [3.05, 3.63) is 63.7 Å². The first-order chi connectivity index (χ1) is 15.3. The monoisotopic (exact) mass is 483 g/mol. The van der Waals surface area contributed by atoms with Gasteiger partial charge in [-0.15, -0.1) is 0 Å². The Kier molecular flexibility index (Phi) is 7.72. The van der Waals surface area contributed by atoms with Crippen molar-refractivity contribution in [2.24, 2.45) is 5.10 Å². The number of benzene rings is 2. The quantitative estimate of drug-likeness (QED) is 0.163. The summed E-state index contributed by atoms with van der Waals surface area (Å²) >= 11 is 0. The Balaban J connectivity index is 2.11. The van der Waals surface area contributed by atoms with Gasteiger partial charge in [-0.1, -0.05) is 0 Å². The standard InChI is InChI=1S/C19H16F7N3O4/c1-2-32-16-9-13(10-27-28-19(25,26)17(20,21)18(22,23)24)5-8-15(16)33-11-12-3-6-14(7-4-12)29(30)31/h3-10,28H,2,11H2,1H3/b27-10+. The molecule has 2 aromatic rings. The van der Waals surface area contributed by atoms with Crippen LogP contribution in [0, 0.1) is 10.1 Å². The maximum absolute atomic E-state index is 13.2. The van der Waals surface area contributed by atoms with Crippen molar-refractivity contribution in [2.75, 3.05) is 6.61 Å². The van der Waals surface area contributed by atoms with Crippen LogP contribution in [-0.2, 0) is 6.61 Å². The highest BCUT2D eigenvalue weighted by atomic mass is 19.4. The molecule has 7 nitrogen and oxygen atoms in total. The molecule has 0 atom stereocenters. The first-order valence-electron chi connectivity index (χ1n) is 9.04. The smallest absolute Gasteiger partial charge is 0.462 e. The number of nitrogens with zero attached hydrogens (tertiary/aromatic N) is 2. The zero-order valence-corrected chi connectivity index (χ0v) is 16.7. The summed E-state index contributed by atoms with van der Waals surface area (Å²) in [5.74, 6) is -6.05. The lowest BCUT2D eigenvalue weighted by atomic mass is 10.2. The van der Waals surface area contributed by atoms with E-state index >= 15 is 0 Å². The van der Waals surface area contributed by atoms with Crippen LogP contribution in [0.1, 0.15) is 18.1 Å². The van der Waals surface area contributed by atoms with E-state index in [2.05, 4.69) is 5.10 Å². The summed E-state index contributed by atoms with van der Waals surface area (Å²) in [7, 11) is 0. The second-order valence-electron chi connectivity index (χ2n) is 6.37. The van der Waals surface area contributed by atoms with Gasteiger partial charge in [-0.25, -0.2) is 5.43 Å². The molecule has 0 unspecified atom stereocenters. The van der Waals surface area contributed by atoms with Crippen molar-refractivity contribution in [3.63, 3.8) is 0 Å². The van der Waals surface area contributed by atoms with Crippen molar-refractivity contribution in [1.82, 2.24) is 5.43 Å². The van der Waals surface area contributed by atoms with Crippen LogP contribution in [-0.4, -0.2) is 35.9 Å². The van der Waals surface area contributed by atoms with E-state index in [1.807, 2.05) is 0 Å². The van der Waals surface area contributed by atoms with E-state index in [1.165, 1.54) is 42.5 Å². The van der Waals surface area contributed by atoms with Crippen LogP contribution in [0.2, 0.25) is 0 Å². The molecule has 0 aromatic heterocycles. The molecular weight excluding hydrogens is 467 g/mol. The molecule has 0 aliphatic heterocycles. The summed E-state index contributed by atoms with van der Waals surface area (Å²) < 4.78 is 99.5. The third-order valence-corrected chi connectivity index (χ3v) is 3.98. The number of alkyl halides is 7. The van der Waals surface area contributed by atoms with E-state index in [1.54, 1.807) is 6.92 Å². The number of hydrazone groups is 1. The minimum Gasteiger partial charge on any atom is -0.490 e. The van der Waals surface area contributed by atoms with Crippen molar-refractivity contribution in [1.29, 1.82) is 0 Å². The molecule has 2 rings (SSSR count). The van der Waals surface area contributed by atoms with Crippen LogP contribution in [0.15, 0.2) is 47.6 Å². The normalized spacial score (nSPS) is 12.6. The molecule has 0 aliphatic carbocycles. The van der Waals surface area contributed by atoms with Gasteiger partial charge in [0, 0.05) is 12.1 Å². The van der Waals surface area contributed by atoms with E-state index in [4.69, 9.17) is 9.47 Å². The number of ether oxygens (including phenoxy) is 2. The number of nitro benzene ring substituents is 1. The van der Waals surface area contributed by atoms with Gasteiger partial charge in [0.25, 0.3) is 5.69 Å². The number of hydrogen-bond donors (Lipinski definition) is 1. The van der Waals surface area contributed by atoms with E-state index in [9.17, 15) is 40.8 Å². The zero-order chi connectivity index (χ0) is 24.9. The Morgan fingerprint density at radius 2 is 1.64 bits per heavy atom. The fourth-order valence-electron chi connectivity index (χ4n) is 2.30. The molecule has 0 saturated heterocycles. The van der Waals surface area contributed by atoms with Crippen molar-refractivity contribution < 1.29 is 45.1 Å². The van der Waals surface area contributed by atoms with Crippen LogP contribution in [0.5, 0.6) is 11.5 Å². The summed E-state index contributed by atoms with van der Waals surface area (Å²) in [6.45, 7) is 1.77. The molecule has 0 aliphatic rings. The Morgan fingerprint density at radius 3 is 2.18 bits per heavy atom. The highest BCUT2D eigenvalue weighted by Crippen LogP contribution is 2.45. The van der Waals surface area contributed by atoms with Crippen molar-refractivity contribution in [2.45, 2.75) is 31.7 Å². The number of hydrogen-bond acceptors (Lipinski definition) is 6. The average molecular weight is 483 g/mol. The molecule has 0 spiro atoms. The Bertz CT molecular complexity index is 996. The molecule has 0 bridgehead atoms. The summed E-state index contributed by atoms with van der Waals surface area (Å²) in [5.41, 5.74) is 1.03. The third kappa shape index (κ3) is 6.23. The number of rotatable bonds is 10. The summed E-state index contributed by atoms with van der Waals surface area (Å²) in [5, 5.41) is 13.5. The number of halogens is 7. The number of non-ortho nitro benzene ring substituents is 1. The first-order valence-corrected chi connectivity index (χ1v) is 9.04. The highest BCUT2D eigenvalue weighted by molar-refractivity contribution is 5.80. The fraction of sp³-hybridized carbons (Fsp3) is 0.316. The second-order valence-corrected chi connectivity index (χ2v) is 6.37. The van der Waals surface area contributed by atoms with Crippen LogP contribution < -0.4 is 14.9 Å². The largest absolute Gasteiger partial charge is 0.490 e. The Labute approximate surface area is 181 Å². The third-order valence-electron chi connectivity index (χ3n) is 3.98. The predicted octanol–water partition coefficient (Wildman–Crippen LogP) is 5.29. The summed E-state index contributed by atoms with van der Waals surface area (Å²) in [4.78, 5) is 10.1. The molecule has 2 aromatic carbocycles. The van der Waals surface area contributed by atoms with E-state index in [0.717, 1.165) is 0 Å². The Morgan fingerprint density at radius 1 is 1.00 bits per heavy atom. The van der Waals surface area contributed by atoms with Gasteiger partial charge in [-0.05, 0) is 48.4 Å². The van der Waals surface area contributed by atoms with Gasteiger partial charge in [0.05, 0.1) is 17.7 Å². The fourth-order valence-corrected chi connectivity index (χ4v) is 2.30. The molecule has 0 saturated carbocycles. The lowest BCUT2D eigenvalue weighted by Gasteiger charge is -2.27. The minimum absolute atomic E-state index is 0.00813. The maximum atomic E-state index is 13.2. The molecule has 0 fully saturated rings. The first kappa shape index (κ1) is 25.7. The highest BCUT2D eigenvalue weighted by Gasteiger charge is 2.73. The van der Waals surface area contributed by atoms with Gasteiger partial charge in [0.2, 0.25) is 0 Å². The zero-order valence-electron chi connectivity index (χ0n) is 16.7. The molecule has 180 valence electrons. The van der Waals surface area contributed by atoms with Crippen molar-refractivity contribution in [3.8, 4) is 11.5 Å². The minimum atomic E-state index is -6.48. The molecule has 0 heterocycles. The van der Waals surface area contributed by atoms with Crippen LogP contribution in [0.25, 0.3) is 0 Å². The molecular formula is C19H16F7N3O4. The van der Waals surface area contributed by atoms with Gasteiger partial charge < -0.3 is 9.47 Å². The molecule has 0 amide bonds. The molecule has 1 N–H and O–H groups in total.